The Kier molecular flexibility index (Phi) is 8.97. The highest BCUT2D eigenvalue weighted by Crippen LogP contribution is 2.28. The molecule has 1 aromatic heterocycles. The van der Waals surface area contributed by atoms with Crippen LogP contribution in [0.25, 0.3) is 10.9 Å². The predicted molar refractivity (Wildman–Crippen MR) is 147 cm³/mol. The quantitative estimate of drug-likeness (QED) is 0.437. The molecule has 1 heterocycles. The second-order valence-corrected chi connectivity index (χ2v) is 10.2. The molecular weight excluding hydrogens is 462 g/mol. The Morgan fingerprint density at radius 1 is 0.973 bits per heavy atom. The van der Waals surface area contributed by atoms with Crippen molar-refractivity contribution in [2.24, 2.45) is 0 Å². The van der Waals surface area contributed by atoms with Gasteiger partial charge in [0.1, 0.15) is 6.54 Å². The largest absolute Gasteiger partial charge is 0.361 e. The summed E-state index contributed by atoms with van der Waals surface area (Å²) in [5.41, 5.74) is 3.55. The van der Waals surface area contributed by atoms with Crippen LogP contribution < -0.4 is 4.90 Å². The van der Waals surface area contributed by atoms with Gasteiger partial charge in [0.2, 0.25) is 11.8 Å². The number of benzene rings is 2. The molecule has 0 saturated heterocycles. The van der Waals surface area contributed by atoms with Gasteiger partial charge in [-0.3, -0.25) is 9.59 Å². The Morgan fingerprint density at radius 3 is 2.41 bits per heavy atom. The van der Waals surface area contributed by atoms with Crippen LogP contribution in [0.1, 0.15) is 49.7 Å². The van der Waals surface area contributed by atoms with Gasteiger partial charge < -0.3 is 19.7 Å². The number of H-pyrrole nitrogens is 1. The molecule has 0 bridgehead atoms. The summed E-state index contributed by atoms with van der Waals surface area (Å²) in [5, 5.41) is 10.3. The van der Waals surface area contributed by atoms with Gasteiger partial charge >= 0.3 is 0 Å². The molecule has 1 N–H and O–H groups in total. The molecular formula is C30H37N5O2. The number of likely N-dealkylation sites (N-methyl/N-ethyl adjacent to an activating group) is 1. The lowest BCUT2D eigenvalue weighted by atomic mass is 9.93. The molecule has 1 aliphatic carbocycles. The van der Waals surface area contributed by atoms with Gasteiger partial charge in [-0.05, 0) is 69.3 Å². The third-order valence-electron chi connectivity index (χ3n) is 7.26. The molecule has 7 nitrogen and oxygen atoms in total. The molecule has 194 valence electrons. The van der Waals surface area contributed by atoms with Gasteiger partial charge in [0, 0.05) is 48.3 Å². The van der Waals surface area contributed by atoms with Crippen LogP contribution in [0.3, 0.4) is 0 Å². The van der Waals surface area contributed by atoms with Crippen molar-refractivity contribution in [3.05, 3.63) is 65.9 Å². The summed E-state index contributed by atoms with van der Waals surface area (Å²) in [7, 11) is 3.95. The zero-order chi connectivity index (χ0) is 26.2. The molecule has 1 aliphatic rings. The third-order valence-corrected chi connectivity index (χ3v) is 7.26. The zero-order valence-corrected chi connectivity index (χ0v) is 21.9. The number of carbonyl (C=O) groups is 2. The van der Waals surface area contributed by atoms with E-state index in [2.05, 4.69) is 17.1 Å². The number of fused-ring (bicyclic) bond motifs is 1. The van der Waals surface area contributed by atoms with Gasteiger partial charge in [-0.25, -0.2) is 0 Å². The number of aryl methyl sites for hydroxylation is 1. The minimum Gasteiger partial charge on any atom is -0.361 e. The van der Waals surface area contributed by atoms with Gasteiger partial charge in [-0.15, -0.1) is 0 Å². The van der Waals surface area contributed by atoms with E-state index in [9.17, 15) is 14.9 Å². The van der Waals surface area contributed by atoms with Crippen molar-refractivity contribution in [2.45, 2.75) is 51.0 Å². The zero-order valence-electron chi connectivity index (χ0n) is 21.9. The van der Waals surface area contributed by atoms with Gasteiger partial charge in [0.05, 0.1) is 11.6 Å². The third kappa shape index (κ3) is 6.78. The monoisotopic (exact) mass is 499 g/mol. The summed E-state index contributed by atoms with van der Waals surface area (Å²) in [5.74, 6) is -0.0697. The average molecular weight is 500 g/mol. The molecule has 2 amide bonds. The number of amides is 2. The fourth-order valence-corrected chi connectivity index (χ4v) is 5.18. The molecule has 4 rings (SSSR count). The summed E-state index contributed by atoms with van der Waals surface area (Å²) in [6.07, 6.45) is 8.24. The second kappa shape index (κ2) is 12.6. The lowest BCUT2D eigenvalue weighted by molar-refractivity contribution is -0.135. The molecule has 0 spiro atoms. The number of para-hydroxylation sites is 1. The van der Waals surface area contributed by atoms with Crippen LogP contribution in [-0.4, -0.2) is 66.4 Å². The maximum absolute atomic E-state index is 13.8. The first-order valence-corrected chi connectivity index (χ1v) is 13.3. The molecule has 7 heteroatoms. The van der Waals surface area contributed by atoms with Crippen LogP contribution in [0.5, 0.6) is 0 Å². The highest BCUT2D eigenvalue weighted by atomic mass is 16.2. The van der Waals surface area contributed by atoms with Crippen LogP contribution in [-0.2, 0) is 16.0 Å². The molecule has 3 aromatic rings. The Morgan fingerprint density at radius 2 is 1.70 bits per heavy atom. The van der Waals surface area contributed by atoms with Gasteiger partial charge in [-0.1, -0.05) is 37.5 Å². The van der Waals surface area contributed by atoms with Crippen molar-refractivity contribution < 1.29 is 9.59 Å². The van der Waals surface area contributed by atoms with Crippen molar-refractivity contribution >= 4 is 28.4 Å². The SMILES string of the molecule is CN(C)CCN(CC(=O)N(c1ccc(C#N)cc1)C1CCCCC1)C(=O)CCc1c[nH]c2ccccc12. The summed E-state index contributed by atoms with van der Waals surface area (Å²) in [4.78, 5) is 36.2. The van der Waals surface area contributed by atoms with Crippen LogP contribution in [0, 0.1) is 11.3 Å². The van der Waals surface area contributed by atoms with E-state index in [1.165, 1.54) is 6.42 Å². The number of aromatic nitrogens is 1. The number of hydrogen-bond acceptors (Lipinski definition) is 4. The number of aromatic amines is 1. The lowest BCUT2D eigenvalue weighted by Gasteiger charge is -2.36. The standard InChI is InChI=1S/C30H37N5O2/c1-33(2)18-19-34(29(36)17-14-24-21-32-28-11-7-6-10-27(24)28)22-30(37)35(25-8-4-3-5-9-25)26-15-12-23(20-31)13-16-26/h6-7,10-13,15-16,21,25,32H,3-5,8-9,14,17-19,22H2,1-2H3. The Hall–Kier alpha value is -3.63. The van der Waals surface area contributed by atoms with E-state index in [4.69, 9.17) is 0 Å². The molecule has 1 fully saturated rings. The van der Waals surface area contributed by atoms with E-state index in [1.807, 2.05) is 60.4 Å². The number of nitriles is 1. The fraction of sp³-hybridized carbons (Fsp3) is 0.433. The smallest absolute Gasteiger partial charge is 0.246 e. The number of nitrogens with zero attached hydrogens (tertiary/aromatic N) is 4. The average Bonchev–Trinajstić information content (AvgIpc) is 3.34. The Balaban J connectivity index is 1.50. The van der Waals surface area contributed by atoms with E-state index in [1.54, 1.807) is 17.0 Å². The summed E-state index contributed by atoms with van der Waals surface area (Å²) < 4.78 is 0. The minimum absolute atomic E-state index is 0.0103. The molecule has 0 aliphatic heterocycles. The Bertz CT molecular complexity index is 1230. The van der Waals surface area contributed by atoms with E-state index in [0.717, 1.165) is 47.8 Å². The normalized spacial score (nSPS) is 14.0. The van der Waals surface area contributed by atoms with Gasteiger partial charge in [-0.2, -0.15) is 5.26 Å². The van der Waals surface area contributed by atoms with Crippen LogP contribution in [0.15, 0.2) is 54.7 Å². The minimum atomic E-state index is -0.0594. The maximum atomic E-state index is 13.8. The van der Waals surface area contributed by atoms with Crippen LogP contribution in [0.2, 0.25) is 0 Å². The number of rotatable bonds is 10. The van der Waals surface area contributed by atoms with Crippen molar-refractivity contribution in [1.29, 1.82) is 5.26 Å². The maximum Gasteiger partial charge on any atom is 0.246 e. The molecule has 0 unspecified atom stereocenters. The molecule has 37 heavy (non-hydrogen) atoms. The number of carbonyl (C=O) groups excluding carboxylic acids is 2. The van der Waals surface area contributed by atoms with E-state index >= 15 is 0 Å². The number of nitrogens with one attached hydrogen (secondary N) is 1. The highest BCUT2D eigenvalue weighted by Gasteiger charge is 2.29. The Labute approximate surface area is 219 Å². The van der Waals surface area contributed by atoms with Crippen molar-refractivity contribution in [1.82, 2.24) is 14.8 Å². The van der Waals surface area contributed by atoms with Gasteiger partial charge in [0.15, 0.2) is 0 Å². The molecule has 0 atom stereocenters. The molecule has 2 aromatic carbocycles. The fourth-order valence-electron chi connectivity index (χ4n) is 5.18. The highest BCUT2D eigenvalue weighted by molar-refractivity contribution is 5.97. The summed E-state index contributed by atoms with van der Waals surface area (Å²) >= 11 is 0. The van der Waals surface area contributed by atoms with Crippen LogP contribution in [0.4, 0.5) is 5.69 Å². The first-order chi connectivity index (χ1) is 18.0. The lowest BCUT2D eigenvalue weighted by Crippen LogP contribution is -2.49. The number of anilines is 1. The van der Waals surface area contributed by atoms with E-state index in [-0.39, 0.29) is 24.4 Å². The number of hydrogen-bond donors (Lipinski definition) is 1. The van der Waals surface area contributed by atoms with Crippen molar-refractivity contribution in [3.8, 4) is 6.07 Å². The van der Waals surface area contributed by atoms with Crippen LogP contribution >= 0.6 is 0 Å². The first-order valence-electron chi connectivity index (χ1n) is 13.3. The van der Waals surface area contributed by atoms with E-state index < -0.39 is 0 Å². The molecule has 0 radical (unpaired) electrons. The van der Waals surface area contributed by atoms with Crippen molar-refractivity contribution in [2.75, 3.05) is 38.6 Å². The van der Waals surface area contributed by atoms with Gasteiger partial charge in [0.25, 0.3) is 0 Å². The first kappa shape index (κ1) is 26.4. The summed E-state index contributed by atoms with van der Waals surface area (Å²) in [6, 6.07) is 17.6. The predicted octanol–water partition coefficient (Wildman–Crippen LogP) is 4.73. The van der Waals surface area contributed by atoms with E-state index in [0.29, 0.717) is 31.5 Å². The second-order valence-electron chi connectivity index (χ2n) is 10.2. The topological polar surface area (TPSA) is 83.4 Å². The van der Waals surface area contributed by atoms with Crippen molar-refractivity contribution in [3.63, 3.8) is 0 Å². The molecule has 1 saturated carbocycles. The summed E-state index contributed by atoms with van der Waals surface area (Å²) in [6.45, 7) is 1.24.